The van der Waals surface area contributed by atoms with E-state index in [1.165, 1.54) is 192 Å². The van der Waals surface area contributed by atoms with Gasteiger partial charge in [-0.15, -0.1) is 13.2 Å². The first kappa shape index (κ1) is 105. The molecular formula is C87H166N2O17P2. The number of urea groups is 1. The first-order valence-corrected chi connectivity index (χ1v) is 47.7. The summed E-state index contributed by atoms with van der Waals surface area (Å²) >= 11 is 0. The summed E-state index contributed by atoms with van der Waals surface area (Å²) in [5.41, 5.74) is 0. The Balaban J connectivity index is 6.22. The molecule has 0 saturated heterocycles. The first-order valence-electron chi connectivity index (χ1n) is 44.8. The number of rotatable bonds is 86. The number of unbranched alkanes of at least 4 members (excludes halogenated alkanes) is 46. The fraction of sp³-hybridized carbons (Fsp3) is 0.897. The van der Waals surface area contributed by atoms with Crippen LogP contribution in [0.2, 0.25) is 0 Å². The Kier molecular flexibility index (Phi) is 76.8. The molecule has 0 aromatic heterocycles. The van der Waals surface area contributed by atoms with E-state index in [1.54, 1.807) is 0 Å². The average Bonchev–Trinajstić information content (AvgIpc) is 0.880. The predicted octanol–water partition coefficient (Wildman–Crippen LogP) is 26.1. The van der Waals surface area contributed by atoms with Gasteiger partial charge in [0.15, 0.2) is 0 Å². The number of hydrogen-bond acceptors (Lipinski definition) is 17. The van der Waals surface area contributed by atoms with Gasteiger partial charge in [-0.2, -0.15) is 0 Å². The van der Waals surface area contributed by atoms with Gasteiger partial charge in [0.05, 0.1) is 39.6 Å². The van der Waals surface area contributed by atoms with Gasteiger partial charge < -0.3 is 29.6 Å². The summed E-state index contributed by atoms with van der Waals surface area (Å²) in [6.45, 7) is 19.1. The zero-order chi connectivity index (χ0) is 79.2. The molecule has 21 heteroatoms. The van der Waals surface area contributed by atoms with Crippen LogP contribution in [0.25, 0.3) is 0 Å². The molecule has 0 bridgehead atoms. The fourth-order valence-corrected chi connectivity index (χ4v) is 15.6. The Morgan fingerprint density at radius 1 is 0.269 bits per heavy atom. The van der Waals surface area contributed by atoms with Gasteiger partial charge in [0.25, 0.3) is 0 Å². The SMILES string of the molecule is C=CCOP(=O)(OCCNC(=O)NCCOP(=O)(OCC=C)OCC[C@@H](OC(=O)CCCCCCCCCCCC)C(CCCCCCCCCC)OC(=O)CCCCCCCCCC)OCC[C@@H](OC(=O)CCCCCCCCCCCC)C(CCCCCCCCCC)OC(=O)CCCCCCCCCC. The van der Waals surface area contributed by atoms with Gasteiger partial charge >= 0.3 is 45.6 Å². The average molecular weight is 1570 g/mol. The van der Waals surface area contributed by atoms with Crippen molar-refractivity contribution in [2.24, 2.45) is 0 Å². The maximum atomic E-state index is 14.2. The summed E-state index contributed by atoms with van der Waals surface area (Å²) in [5, 5.41) is 5.30. The zero-order valence-corrected chi connectivity index (χ0v) is 72.1. The van der Waals surface area contributed by atoms with E-state index in [9.17, 15) is 33.1 Å². The molecule has 0 aliphatic carbocycles. The molecule has 19 nitrogen and oxygen atoms in total. The lowest BCUT2D eigenvalue weighted by molar-refractivity contribution is -0.170. The van der Waals surface area contributed by atoms with Gasteiger partial charge in [-0.1, -0.05) is 349 Å². The summed E-state index contributed by atoms with van der Waals surface area (Å²) < 4.78 is 87.8. The number of carbonyl (C=O) groups excluding carboxylic acids is 5. The van der Waals surface area contributed by atoms with Crippen molar-refractivity contribution in [2.75, 3.05) is 52.7 Å². The predicted molar refractivity (Wildman–Crippen MR) is 443 cm³/mol. The van der Waals surface area contributed by atoms with Crippen molar-refractivity contribution < 1.29 is 79.2 Å². The molecule has 2 N–H and O–H groups in total. The van der Waals surface area contributed by atoms with Crippen molar-refractivity contribution in [1.82, 2.24) is 10.6 Å². The highest BCUT2D eigenvalue weighted by Gasteiger charge is 2.34. The van der Waals surface area contributed by atoms with E-state index >= 15 is 0 Å². The highest BCUT2D eigenvalue weighted by molar-refractivity contribution is 7.48. The molecule has 0 spiro atoms. The van der Waals surface area contributed by atoms with E-state index in [2.05, 4.69) is 65.3 Å². The molecule has 0 rings (SSSR count). The molecule has 0 saturated carbocycles. The number of phosphoric acid groups is 2. The number of ether oxygens (including phenoxy) is 4. The van der Waals surface area contributed by atoms with Crippen molar-refractivity contribution in [1.29, 1.82) is 0 Å². The summed E-state index contributed by atoms with van der Waals surface area (Å²) in [6, 6.07) is -0.642. The summed E-state index contributed by atoms with van der Waals surface area (Å²) in [5.74, 6) is -1.42. The standard InChI is InChI=1S/C87H166N2O17P2/c1-9-17-23-29-35-41-43-49-55-61-67-85(92)105-81(79(63-57-51-45-37-31-25-19-11-3)103-83(90)65-59-53-47-39-33-27-21-13-5)69-75-99-107(95,97-73-15-7)101-77-71-88-87(94)89-72-78-102-108(96,98-74-16-8)100-76-70-82(106-86(93)68-62-56-50-44-42-36-30-24-18-10-2)80(64-58-52-46-38-32-26-20-12-4)104-84(91)66-60-54-48-40-34-28-22-14-6/h15-16,79-82H,7-14,17-78H2,1-6H3,(H2,88,89,94)/t79?,80?,81-,82-,107?,108?/m1/s1. The third-order valence-corrected chi connectivity index (χ3v) is 22.8. The molecule has 2 amide bonds. The second-order valence-electron chi connectivity index (χ2n) is 30.1. The van der Waals surface area contributed by atoms with Gasteiger partial charge in [0.1, 0.15) is 24.4 Å². The van der Waals surface area contributed by atoms with E-state index in [-0.39, 0.29) is 115 Å². The van der Waals surface area contributed by atoms with Gasteiger partial charge in [-0.05, 0) is 51.4 Å². The largest absolute Gasteiger partial charge is 0.475 e. The minimum absolute atomic E-state index is 0.0482. The molecule has 0 heterocycles. The molecule has 0 aromatic rings. The van der Waals surface area contributed by atoms with Crippen LogP contribution >= 0.6 is 15.6 Å². The number of phosphoric ester groups is 2. The fourth-order valence-electron chi connectivity index (χ4n) is 13.3. The van der Waals surface area contributed by atoms with Crippen molar-refractivity contribution in [3.63, 3.8) is 0 Å². The maximum absolute atomic E-state index is 14.2. The number of carbonyl (C=O) groups is 5. The molecule has 0 aliphatic rings. The van der Waals surface area contributed by atoms with Gasteiger partial charge in [0.2, 0.25) is 0 Å². The van der Waals surface area contributed by atoms with Crippen LogP contribution in [0, 0.1) is 0 Å². The maximum Gasteiger partial charge on any atom is 0.475 e. The molecule has 6 atom stereocenters. The van der Waals surface area contributed by atoms with Crippen molar-refractivity contribution in [2.45, 2.75) is 451 Å². The number of nitrogens with one attached hydrogen (secondary N) is 2. The minimum atomic E-state index is -4.31. The van der Waals surface area contributed by atoms with E-state index in [1.807, 2.05) is 0 Å². The molecule has 0 aliphatic heterocycles. The third-order valence-electron chi connectivity index (χ3n) is 19.9. The second kappa shape index (κ2) is 79.1. The van der Waals surface area contributed by atoms with Crippen LogP contribution < -0.4 is 10.6 Å². The minimum Gasteiger partial charge on any atom is -0.458 e. The van der Waals surface area contributed by atoms with Crippen molar-refractivity contribution in [3.05, 3.63) is 25.3 Å². The topological polar surface area (TPSA) is 236 Å². The summed E-state index contributed by atoms with van der Waals surface area (Å²) in [7, 11) is -8.61. The molecule has 0 radical (unpaired) electrons. The first-order chi connectivity index (χ1) is 52.7. The van der Waals surface area contributed by atoms with Crippen molar-refractivity contribution >= 4 is 45.6 Å². The van der Waals surface area contributed by atoms with E-state index in [0.29, 0.717) is 38.5 Å². The van der Waals surface area contributed by atoms with Gasteiger partial charge in [0, 0.05) is 51.6 Å². The molecule has 636 valence electrons. The Bertz CT molecular complexity index is 2050. The highest BCUT2D eigenvalue weighted by atomic mass is 31.2. The summed E-state index contributed by atoms with van der Waals surface area (Å²) in [6.07, 6.45) is 59.0. The van der Waals surface area contributed by atoms with Crippen LogP contribution in [0.15, 0.2) is 25.3 Å². The van der Waals surface area contributed by atoms with Gasteiger partial charge in [-0.25, -0.2) is 13.9 Å². The molecule has 0 fully saturated rings. The van der Waals surface area contributed by atoms with Crippen molar-refractivity contribution in [3.8, 4) is 0 Å². The Hall–Kier alpha value is -3.15. The lowest BCUT2D eigenvalue weighted by atomic mass is 10.0. The smallest absolute Gasteiger partial charge is 0.458 e. The van der Waals surface area contributed by atoms with Gasteiger partial charge in [-0.3, -0.25) is 46.3 Å². The highest BCUT2D eigenvalue weighted by Crippen LogP contribution is 2.50. The number of esters is 4. The van der Waals surface area contributed by atoms with E-state index < -0.39 is 46.1 Å². The van der Waals surface area contributed by atoms with Crippen LogP contribution in [0.5, 0.6) is 0 Å². The second-order valence-corrected chi connectivity index (χ2v) is 33.4. The monoisotopic (exact) mass is 1570 g/mol. The molecule has 108 heavy (non-hydrogen) atoms. The molecular weight excluding hydrogens is 1410 g/mol. The number of amides is 2. The van der Waals surface area contributed by atoms with Crippen LogP contribution in [0.4, 0.5) is 4.79 Å². The molecule has 0 aromatic carbocycles. The van der Waals surface area contributed by atoms with E-state index in [4.69, 9.17) is 46.1 Å². The summed E-state index contributed by atoms with van der Waals surface area (Å²) in [4.78, 5) is 67.8. The lowest BCUT2D eigenvalue weighted by Gasteiger charge is -2.28. The van der Waals surface area contributed by atoms with Crippen LogP contribution in [0.1, 0.15) is 427 Å². The molecule has 4 unspecified atom stereocenters. The Morgan fingerprint density at radius 3 is 0.685 bits per heavy atom. The quantitative estimate of drug-likeness (QED) is 0.0189. The van der Waals surface area contributed by atoms with Crippen LogP contribution in [-0.4, -0.2) is 107 Å². The van der Waals surface area contributed by atoms with Crippen LogP contribution in [0.3, 0.4) is 0 Å². The zero-order valence-electron chi connectivity index (χ0n) is 70.3. The Labute approximate surface area is 661 Å². The third kappa shape index (κ3) is 68.4. The van der Waals surface area contributed by atoms with E-state index in [0.717, 1.165) is 128 Å². The Morgan fingerprint density at radius 2 is 0.463 bits per heavy atom. The lowest BCUT2D eigenvalue weighted by Crippen LogP contribution is -2.38. The number of hydrogen-bond donors (Lipinski definition) is 2. The van der Waals surface area contributed by atoms with Crippen LogP contribution in [-0.2, 0) is 74.4 Å². The normalized spacial score (nSPS) is 13.8.